The van der Waals surface area contributed by atoms with E-state index in [2.05, 4.69) is 4.90 Å². The molecule has 5 heteroatoms. The van der Waals surface area contributed by atoms with Gasteiger partial charge in [-0.25, -0.2) is 0 Å². The number of methoxy groups -OCH3 is 1. The molecule has 1 amide bonds. The van der Waals surface area contributed by atoms with Crippen molar-refractivity contribution in [1.82, 2.24) is 4.90 Å². The van der Waals surface area contributed by atoms with Gasteiger partial charge in [-0.3, -0.25) is 4.79 Å². The Morgan fingerprint density at radius 3 is 2.88 bits per heavy atom. The van der Waals surface area contributed by atoms with Crippen LogP contribution in [0.15, 0.2) is 11.4 Å². The Kier molecular flexibility index (Phi) is 4.43. The topological polar surface area (TPSA) is 38.8 Å². The molecule has 2 heterocycles. The molecule has 0 radical (unpaired) electrons. The third kappa shape index (κ3) is 3.02. The molecule has 3 atom stereocenters. The fourth-order valence-corrected chi connectivity index (χ4v) is 5.01. The Labute approximate surface area is 148 Å². The molecule has 0 spiro atoms. The van der Waals surface area contributed by atoms with E-state index in [1.807, 2.05) is 18.4 Å². The van der Waals surface area contributed by atoms with Gasteiger partial charge in [-0.1, -0.05) is 0 Å². The number of likely N-dealkylation sites (tertiary alicyclic amines) is 1. The first kappa shape index (κ1) is 16.6. The molecule has 4 nitrogen and oxygen atoms in total. The summed E-state index contributed by atoms with van der Waals surface area (Å²) >= 11 is 1.64. The summed E-state index contributed by atoms with van der Waals surface area (Å²) in [5, 5.41) is 1.98. The summed E-state index contributed by atoms with van der Waals surface area (Å²) in [7, 11) is 1.81. The molecule has 1 aromatic heterocycles. The molecule has 24 heavy (non-hydrogen) atoms. The lowest BCUT2D eigenvalue weighted by Crippen LogP contribution is -2.53. The maximum absolute atomic E-state index is 13.0. The van der Waals surface area contributed by atoms with Crippen molar-refractivity contribution in [2.45, 2.75) is 63.2 Å². The minimum atomic E-state index is -0.167. The Hall–Kier alpha value is -0.910. The van der Waals surface area contributed by atoms with Crippen LogP contribution in [0.1, 0.15) is 53.8 Å². The third-order valence-corrected chi connectivity index (χ3v) is 6.91. The van der Waals surface area contributed by atoms with Gasteiger partial charge in [-0.2, -0.15) is 0 Å². The lowest BCUT2D eigenvalue weighted by molar-refractivity contribution is -0.0977. The van der Waals surface area contributed by atoms with Gasteiger partial charge in [-0.05, 0) is 57.4 Å². The van der Waals surface area contributed by atoms with Crippen LogP contribution < -0.4 is 0 Å². The summed E-state index contributed by atoms with van der Waals surface area (Å²) in [6, 6.07) is 2.15. The number of hydrogen-bond donors (Lipinski definition) is 0. The zero-order valence-corrected chi connectivity index (χ0v) is 15.4. The number of amides is 1. The number of rotatable bonds is 5. The van der Waals surface area contributed by atoms with Gasteiger partial charge in [0.2, 0.25) is 0 Å². The number of hydrogen-bond acceptors (Lipinski definition) is 4. The minimum absolute atomic E-state index is 0.146. The van der Waals surface area contributed by atoms with Crippen LogP contribution in [0.2, 0.25) is 0 Å². The van der Waals surface area contributed by atoms with Crippen LogP contribution in [0, 0.1) is 12.8 Å². The summed E-state index contributed by atoms with van der Waals surface area (Å²) in [5.41, 5.74) is 0.658. The normalized spacial score (nSPS) is 32.8. The SMILES string of the molecule is CO[C@@]12CC[C@H](OCC3CC3)C[C@@H]1N(C(=O)c1csc(C)c1)CC2. The van der Waals surface area contributed by atoms with E-state index in [4.69, 9.17) is 9.47 Å². The first-order chi connectivity index (χ1) is 11.6. The van der Waals surface area contributed by atoms with Gasteiger partial charge >= 0.3 is 0 Å². The molecular formula is C19H27NO3S. The first-order valence-corrected chi connectivity index (χ1v) is 10.0. The zero-order chi connectivity index (χ0) is 16.7. The molecule has 2 aliphatic carbocycles. The van der Waals surface area contributed by atoms with Crippen molar-refractivity contribution in [3.8, 4) is 0 Å². The Bertz CT molecular complexity index is 612. The first-order valence-electron chi connectivity index (χ1n) is 9.14. The average molecular weight is 349 g/mol. The molecule has 4 rings (SSSR count). The van der Waals surface area contributed by atoms with Crippen molar-refractivity contribution in [3.05, 3.63) is 21.9 Å². The van der Waals surface area contributed by atoms with Crippen molar-refractivity contribution in [3.63, 3.8) is 0 Å². The van der Waals surface area contributed by atoms with E-state index in [9.17, 15) is 4.79 Å². The van der Waals surface area contributed by atoms with Crippen molar-refractivity contribution in [1.29, 1.82) is 0 Å². The van der Waals surface area contributed by atoms with Crippen LogP contribution in [0.4, 0.5) is 0 Å². The van der Waals surface area contributed by atoms with E-state index in [-0.39, 0.29) is 23.7 Å². The molecule has 1 aliphatic heterocycles. The number of carbonyl (C=O) groups is 1. The molecular weight excluding hydrogens is 322 g/mol. The quantitative estimate of drug-likeness (QED) is 0.815. The lowest BCUT2D eigenvalue weighted by atomic mass is 9.79. The Morgan fingerprint density at radius 2 is 2.21 bits per heavy atom. The summed E-state index contributed by atoms with van der Waals surface area (Å²) < 4.78 is 12.1. The lowest BCUT2D eigenvalue weighted by Gasteiger charge is -2.43. The number of thiophene rings is 1. The van der Waals surface area contributed by atoms with E-state index >= 15 is 0 Å². The highest BCUT2D eigenvalue weighted by molar-refractivity contribution is 7.10. The number of carbonyl (C=O) groups excluding carboxylic acids is 1. The Balaban J connectivity index is 1.49. The smallest absolute Gasteiger partial charge is 0.255 e. The molecule has 0 bridgehead atoms. The molecule has 132 valence electrons. The van der Waals surface area contributed by atoms with Gasteiger partial charge in [0.25, 0.3) is 5.91 Å². The fraction of sp³-hybridized carbons (Fsp3) is 0.737. The molecule has 1 saturated heterocycles. The molecule has 3 aliphatic rings. The summed E-state index contributed by atoms with van der Waals surface area (Å²) in [4.78, 5) is 16.2. The minimum Gasteiger partial charge on any atom is -0.378 e. The van der Waals surface area contributed by atoms with E-state index in [1.54, 1.807) is 18.4 Å². The van der Waals surface area contributed by atoms with E-state index in [0.29, 0.717) is 0 Å². The number of aryl methyl sites for hydroxylation is 1. The third-order valence-electron chi connectivity index (χ3n) is 6.04. The monoisotopic (exact) mass is 349 g/mol. The van der Waals surface area contributed by atoms with Gasteiger partial charge in [0, 0.05) is 30.5 Å². The molecule has 1 aromatic rings. The summed E-state index contributed by atoms with van der Waals surface area (Å²) in [5.74, 6) is 0.945. The van der Waals surface area contributed by atoms with Crippen LogP contribution in [0.25, 0.3) is 0 Å². The van der Waals surface area contributed by atoms with Crippen LogP contribution in [0.5, 0.6) is 0 Å². The number of fused-ring (bicyclic) bond motifs is 1. The highest BCUT2D eigenvalue weighted by atomic mass is 32.1. The molecule has 2 saturated carbocycles. The second-order valence-corrected chi connectivity index (χ2v) is 8.77. The maximum Gasteiger partial charge on any atom is 0.255 e. The second kappa shape index (κ2) is 6.43. The van der Waals surface area contributed by atoms with Gasteiger partial charge in [0.15, 0.2) is 0 Å². The van der Waals surface area contributed by atoms with Crippen molar-refractivity contribution in [2.24, 2.45) is 5.92 Å². The second-order valence-electron chi connectivity index (χ2n) is 7.65. The van der Waals surface area contributed by atoms with Crippen LogP contribution in [-0.2, 0) is 9.47 Å². The van der Waals surface area contributed by atoms with Crippen molar-refractivity contribution < 1.29 is 14.3 Å². The zero-order valence-electron chi connectivity index (χ0n) is 14.6. The van der Waals surface area contributed by atoms with Gasteiger partial charge in [0.1, 0.15) is 0 Å². The van der Waals surface area contributed by atoms with E-state index < -0.39 is 0 Å². The van der Waals surface area contributed by atoms with Crippen LogP contribution in [-0.4, -0.2) is 48.8 Å². The van der Waals surface area contributed by atoms with Gasteiger partial charge in [0.05, 0.1) is 23.3 Å². The Morgan fingerprint density at radius 1 is 1.38 bits per heavy atom. The summed E-state index contributed by atoms with van der Waals surface area (Å²) in [6.45, 7) is 3.74. The van der Waals surface area contributed by atoms with E-state index in [1.165, 1.54) is 17.7 Å². The predicted octanol–water partition coefficient (Wildman–Crippen LogP) is 3.64. The molecule has 3 fully saturated rings. The average Bonchev–Trinajstić information content (AvgIpc) is 3.20. The van der Waals surface area contributed by atoms with Gasteiger partial charge in [-0.15, -0.1) is 11.3 Å². The van der Waals surface area contributed by atoms with E-state index in [0.717, 1.165) is 50.3 Å². The highest BCUT2D eigenvalue weighted by Crippen LogP contribution is 2.44. The van der Waals surface area contributed by atoms with Crippen molar-refractivity contribution >= 4 is 17.2 Å². The van der Waals surface area contributed by atoms with Crippen LogP contribution in [0.3, 0.4) is 0 Å². The standard InChI is InChI=1S/C19H27NO3S/c1-13-9-15(12-24-13)18(21)20-8-7-19(22-2)6-5-16(10-17(19)20)23-11-14-3-4-14/h9,12,14,16-17H,3-8,10-11H2,1-2H3/t16-,17-,19+/m0/s1. The largest absolute Gasteiger partial charge is 0.378 e. The van der Waals surface area contributed by atoms with Gasteiger partial charge < -0.3 is 14.4 Å². The highest BCUT2D eigenvalue weighted by Gasteiger charge is 2.53. The number of ether oxygens (including phenoxy) is 2. The van der Waals surface area contributed by atoms with Crippen LogP contribution >= 0.6 is 11.3 Å². The fourth-order valence-electron chi connectivity index (χ4n) is 4.33. The molecule has 0 aromatic carbocycles. The summed E-state index contributed by atoms with van der Waals surface area (Å²) in [6.07, 6.45) is 6.82. The molecule has 0 unspecified atom stereocenters. The van der Waals surface area contributed by atoms with Crippen molar-refractivity contribution in [2.75, 3.05) is 20.3 Å². The maximum atomic E-state index is 13.0. The number of nitrogens with zero attached hydrogens (tertiary/aromatic N) is 1. The molecule has 0 N–H and O–H groups in total. The predicted molar refractivity (Wildman–Crippen MR) is 94.6 cm³/mol.